The van der Waals surface area contributed by atoms with Crippen molar-refractivity contribution in [2.45, 2.75) is 136 Å². The third-order valence-electron chi connectivity index (χ3n) is 5.83. The summed E-state index contributed by atoms with van der Waals surface area (Å²) >= 11 is 0. The van der Waals surface area contributed by atoms with Gasteiger partial charge in [0.05, 0.1) is 12.5 Å². The molecule has 0 radical (unpaired) electrons. The molecule has 0 aliphatic heterocycles. The molecule has 0 bridgehead atoms. The van der Waals surface area contributed by atoms with E-state index in [1.807, 2.05) is 0 Å². The van der Waals surface area contributed by atoms with Gasteiger partial charge in [-0.1, -0.05) is 104 Å². The topological polar surface area (TPSA) is 19.7 Å². The number of hydrogen-bond donors (Lipinski definition) is 1. The van der Waals surface area contributed by atoms with Gasteiger partial charge in [-0.2, -0.15) is 0 Å². The van der Waals surface area contributed by atoms with E-state index in [0.717, 1.165) is 12.5 Å². The fourth-order valence-corrected chi connectivity index (χ4v) is 4.12. The first kappa shape index (κ1) is 23.2. The number of aromatic nitrogens is 2. The zero-order chi connectivity index (χ0) is 18.9. The Balaban J connectivity index is 2.29. The van der Waals surface area contributed by atoms with Crippen molar-refractivity contribution in [1.82, 2.24) is 4.98 Å². The Hall–Kier alpha value is -0.790. The molecule has 1 atom stereocenters. The number of hydrogen-bond acceptors (Lipinski definition) is 0. The first-order valence-electron chi connectivity index (χ1n) is 11.9. The number of H-pyrrole nitrogens is 1. The fourth-order valence-electron chi connectivity index (χ4n) is 4.12. The predicted molar refractivity (Wildman–Crippen MR) is 115 cm³/mol. The van der Waals surface area contributed by atoms with Gasteiger partial charge < -0.3 is 0 Å². The monoisotopic (exact) mass is 363 g/mol. The summed E-state index contributed by atoms with van der Waals surface area (Å²) in [6.45, 7) is 7.94. The van der Waals surface area contributed by atoms with Crippen LogP contribution in [0.2, 0.25) is 0 Å². The smallest absolute Gasteiger partial charge is 0.247 e. The summed E-state index contributed by atoms with van der Waals surface area (Å²) in [6.07, 6.45) is 26.9. The molecule has 0 saturated heterocycles. The predicted octanol–water partition coefficient (Wildman–Crippen LogP) is 7.69. The maximum Gasteiger partial charge on any atom is 0.257 e. The minimum Gasteiger partial charge on any atom is -0.247 e. The van der Waals surface area contributed by atoms with Crippen molar-refractivity contribution >= 4 is 0 Å². The van der Waals surface area contributed by atoms with Crippen LogP contribution in [0, 0.1) is 0 Å². The summed E-state index contributed by atoms with van der Waals surface area (Å²) in [5.74, 6) is 2.21. The van der Waals surface area contributed by atoms with Gasteiger partial charge in [0.1, 0.15) is 12.4 Å². The van der Waals surface area contributed by atoms with Crippen molar-refractivity contribution in [1.29, 1.82) is 0 Å². The molecule has 0 fully saturated rings. The number of nitrogens with one attached hydrogen (secondary N) is 1. The van der Waals surface area contributed by atoms with Gasteiger partial charge in [0.2, 0.25) is 0 Å². The highest BCUT2D eigenvalue weighted by Crippen LogP contribution is 2.26. The van der Waals surface area contributed by atoms with E-state index < -0.39 is 0 Å². The van der Waals surface area contributed by atoms with Crippen molar-refractivity contribution in [3.8, 4) is 0 Å². The Morgan fingerprint density at radius 1 is 0.692 bits per heavy atom. The molecular weight excluding hydrogens is 316 g/mol. The molecule has 2 heteroatoms. The average molecular weight is 364 g/mol. The molecule has 152 valence electrons. The van der Waals surface area contributed by atoms with Gasteiger partial charge >= 0.3 is 0 Å². The van der Waals surface area contributed by atoms with Crippen molar-refractivity contribution in [3.63, 3.8) is 0 Å². The molecule has 26 heavy (non-hydrogen) atoms. The SMILES string of the molecule is CCCCCCCCCC[C@H](CCCCCCCC)c1[nH]cc[n+]1CC. The lowest BCUT2D eigenvalue weighted by Gasteiger charge is -2.14. The first-order valence-corrected chi connectivity index (χ1v) is 11.9. The molecule has 0 unspecified atom stereocenters. The van der Waals surface area contributed by atoms with E-state index in [2.05, 4.69) is 42.7 Å². The molecule has 1 aromatic rings. The molecule has 0 amide bonds. The van der Waals surface area contributed by atoms with Gasteiger partial charge in [-0.3, -0.25) is 0 Å². The number of imidazole rings is 1. The summed E-state index contributed by atoms with van der Waals surface area (Å²) in [5, 5.41) is 0. The van der Waals surface area contributed by atoms with E-state index in [9.17, 15) is 0 Å². The maximum absolute atomic E-state index is 3.56. The Morgan fingerprint density at radius 3 is 1.62 bits per heavy atom. The molecule has 0 aliphatic rings. The molecular formula is C24H47N2+. The summed E-state index contributed by atoms with van der Waals surface area (Å²) in [4.78, 5) is 3.56. The minimum absolute atomic E-state index is 0.733. The molecule has 0 spiro atoms. The number of nitrogens with zero attached hydrogens (tertiary/aromatic N) is 1. The fraction of sp³-hybridized carbons (Fsp3) is 0.875. The molecule has 1 aromatic heterocycles. The van der Waals surface area contributed by atoms with E-state index in [-0.39, 0.29) is 0 Å². The van der Waals surface area contributed by atoms with Crippen molar-refractivity contribution in [2.75, 3.05) is 0 Å². The van der Waals surface area contributed by atoms with Crippen LogP contribution in [0.25, 0.3) is 0 Å². The van der Waals surface area contributed by atoms with Crippen LogP contribution in [-0.2, 0) is 6.54 Å². The Morgan fingerprint density at radius 2 is 1.15 bits per heavy atom. The molecule has 0 aliphatic carbocycles. The van der Waals surface area contributed by atoms with Crippen molar-refractivity contribution < 1.29 is 4.57 Å². The van der Waals surface area contributed by atoms with Crippen molar-refractivity contribution in [2.24, 2.45) is 0 Å². The zero-order valence-electron chi connectivity index (χ0n) is 18.2. The van der Waals surface area contributed by atoms with Gasteiger partial charge in [0.25, 0.3) is 5.82 Å². The van der Waals surface area contributed by atoms with E-state index in [1.54, 1.807) is 0 Å². The summed E-state index contributed by atoms with van der Waals surface area (Å²) in [6, 6.07) is 0. The van der Waals surface area contributed by atoms with Crippen LogP contribution >= 0.6 is 0 Å². The van der Waals surface area contributed by atoms with Crippen LogP contribution < -0.4 is 4.57 Å². The first-order chi connectivity index (χ1) is 12.8. The average Bonchev–Trinajstić information content (AvgIpc) is 3.13. The lowest BCUT2D eigenvalue weighted by molar-refractivity contribution is -0.701. The largest absolute Gasteiger partial charge is 0.257 e. The van der Waals surface area contributed by atoms with E-state index in [1.165, 1.54) is 109 Å². The maximum atomic E-state index is 3.56. The molecule has 1 N–H and O–H groups in total. The molecule has 1 heterocycles. The van der Waals surface area contributed by atoms with Gasteiger partial charge in [-0.15, -0.1) is 0 Å². The third-order valence-corrected chi connectivity index (χ3v) is 5.83. The van der Waals surface area contributed by atoms with Gasteiger partial charge in [0.15, 0.2) is 0 Å². The highest BCUT2D eigenvalue weighted by atomic mass is 15.1. The Bertz CT molecular complexity index is 410. The summed E-state index contributed by atoms with van der Waals surface area (Å²) in [7, 11) is 0. The number of rotatable bonds is 18. The number of aryl methyl sites for hydroxylation is 1. The van der Waals surface area contributed by atoms with E-state index in [0.29, 0.717) is 0 Å². The summed E-state index contributed by atoms with van der Waals surface area (Å²) in [5.41, 5.74) is 0. The van der Waals surface area contributed by atoms with Crippen LogP contribution in [0.5, 0.6) is 0 Å². The minimum atomic E-state index is 0.733. The second-order valence-corrected chi connectivity index (χ2v) is 8.15. The number of aromatic amines is 1. The summed E-state index contributed by atoms with van der Waals surface area (Å²) < 4.78 is 2.42. The highest BCUT2D eigenvalue weighted by Gasteiger charge is 2.21. The lowest BCUT2D eigenvalue weighted by atomic mass is 9.93. The Kier molecular flexibility index (Phi) is 14.7. The standard InChI is InChI=1S/C24H46N2/c1-4-7-9-11-13-14-16-18-20-23(19-17-15-12-10-8-5-2)24-25-21-22-26(24)6-3/h21-23H,4-20H2,1-3H3/p+1/t23-/m0/s1. The van der Waals surface area contributed by atoms with Gasteiger partial charge in [-0.25, -0.2) is 9.55 Å². The van der Waals surface area contributed by atoms with Crippen LogP contribution in [0.4, 0.5) is 0 Å². The van der Waals surface area contributed by atoms with Gasteiger partial charge in [0, 0.05) is 0 Å². The van der Waals surface area contributed by atoms with Crippen LogP contribution in [0.15, 0.2) is 12.4 Å². The zero-order valence-corrected chi connectivity index (χ0v) is 18.2. The van der Waals surface area contributed by atoms with Gasteiger partial charge in [-0.05, 0) is 19.8 Å². The quantitative estimate of drug-likeness (QED) is 0.204. The molecule has 0 aromatic carbocycles. The highest BCUT2D eigenvalue weighted by molar-refractivity contribution is 4.89. The van der Waals surface area contributed by atoms with Crippen molar-refractivity contribution in [3.05, 3.63) is 18.2 Å². The Labute approximate surface area is 164 Å². The molecule has 2 nitrogen and oxygen atoms in total. The lowest BCUT2D eigenvalue weighted by Crippen LogP contribution is -2.36. The normalized spacial score (nSPS) is 12.6. The van der Waals surface area contributed by atoms with Crippen LogP contribution in [0.3, 0.4) is 0 Å². The molecule has 0 saturated carbocycles. The molecule has 1 rings (SSSR count). The van der Waals surface area contributed by atoms with Crippen LogP contribution in [-0.4, -0.2) is 4.98 Å². The second kappa shape index (κ2) is 16.4. The van der Waals surface area contributed by atoms with E-state index >= 15 is 0 Å². The van der Waals surface area contributed by atoms with E-state index in [4.69, 9.17) is 0 Å². The number of unbranched alkanes of at least 4 members (excludes halogenated alkanes) is 12. The second-order valence-electron chi connectivity index (χ2n) is 8.15. The van der Waals surface area contributed by atoms with Crippen LogP contribution in [0.1, 0.15) is 135 Å². The third kappa shape index (κ3) is 10.4.